The van der Waals surface area contributed by atoms with E-state index in [4.69, 9.17) is 28.4 Å². The molecule has 4 fully saturated rings. The number of aliphatic hydroxyl groups is 1. The zero-order valence-corrected chi connectivity index (χ0v) is 35.8. The molecule has 2 aromatic carbocycles. The first-order valence-electron chi connectivity index (χ1n) is 21.2. The number of fused-ring (bicyclic) bond motifs is 4. The molecular formula is C47H58N2O11. The number of ether oxygens (including phenoxy) is 6. The van der Waals surface area contributed by atoms with Gasteiger partial charge < -0.3 is 44.2 Å². The van der Waals surface area contributed by atoms with Crippen LogP contribution >= 0.6 is 0 Å². The SMILES string of the molecule is COc1ccc(NCCC(=O)O[C@H]2C(Nc3ccc(OC)cc3)CC(=O)[C@]3(C)[C@H]4CC[C@]5(C)C([C@H](C)[C@H]6CC(C)=C(C)C(=O)O6)=C[C@H](OC(C)=O)[C@]5(O)[C@@H]4C[C@H]4O[C@@]423)cc1. The smallest absolute Gasteiger partial charge is 0.333 e. The Balaban J connectivity index is 1.10. The highest BCUT2D eigenvalue weighted by Gasteiger charge is 2.85. The molecule has 13 heteroatoms. The number of nitrogens with one attached hydrogen (secondary N) is 2. The van der Waals surface area contributed by atoms with E-state index in [-0.39, 0.29) is 30.5 Å². The van der Waals surface area contributed by atoms with Gasteiger partial charge in [-0.1, -0.05) is 25.0 Å². The molecule has 322 valence electrons. The lowest BCUT2D eigenvalue weighted by Gasteiger charge is -2.62. The molecular weight excluding hydrogens is 769 g/mol. The third-order valence-electron chi connectivity index (χ3n) is 15.3. The fourth-order valence-corrected chi connectivity index (χ4v) is 11.9. The number of Topliss-reactive ketones (excluding diaryl/α,β-unsaturated/α-hetero) is 1. The Morgan fingerprint density at radius 1 is 0.933 bits per heavy atom. The van der Waals surface area contributed by atoms with Crippen LogP contribution < -0.4 is 20.1 Å². The van der Waals surface area contributed by atoms with Gasteiger partial charge in [0.15, 0.2) is 6.10 Å². The molecule has 2 aromatic rings. The molecule has 1 saturated heterocycles. The van der Waals surface area contributed by atoms with Crippen LogP contribution in [-0.2, 0) is 38.1 Å². The lowest BCUT2D eigenvalue weighted by Crippen LogP contribution is -2.73. The standard InChI is InChI=1S/C47H58N2O11/c1-25-21-37(58-43(53)26(25)2)27(3)34-22-39(57-28(4)50)46(54)35-23-40-47(60-40)42(59-41(52)18-20-48-29-9-13-31(55-7)14-10-29)36(49-30-11-15-32(56-8)16-12-30)24-38(51)45(47,6)33(35)17-19-44(34,46)5/h9-16,22,27,33,35-37,39-40,42,48-49,54H,17-21,23-24H2,1-8H3/t27-,33-,35+,36?,37+,39-,40+,42-,44+,45-,46+,47-/m0/s1. The summed E-state index contributed by atoms with van der Waals surface area (Å²) in [6, 6.07) is 14.2. The second kappa shape index (κ2) is 15.2. The van der Waals surface area contributed by atoms with E-state index in [9.17, 15) is 19.5 Å². The van der Waals surface area contributed by atoms with Gasteiger partial charge in [-0.05, 0) is 106 Å². The van der Waals surface area contributed by atoms with Crippen molar-refractivity contribution < 1.29 is 52.7 Å². The summed E-state index contributed by atoms with van der Waals surface area (Å²) in [5.41, 5.74) is -0.790. The van der Waals surface area contributed by atoms with Gasteiger partial charge in [-0.3, -0.25) is 14.4 Å². The zero-order valence-electron chi connectivity index (χ0n) is 35.8. The van der Waals surface area contributed by atoms with Gasteiger partial charge in [-0.25, -0.2) is 4.79 Å². The van der Waals surface area contributed by atoms with Crippen LogP contribution in [0.1, 0.15) is 80.1 Å². The lowest BCUT2D eigenvalue weighted by molar-refractivity contribution is -0.229. The summed E-state index contributed by atoms with van der Waals surface area (Å²) in [6.45, 7) is 11.3. The van der Waals surface area contributed by atoms with Crippen LogP contribution in [0.5, 0.6) is 11.5 Å². The maximum Gasteiger partial charge on any atom is 0.333 e. The fourth-order valence-electron chi connectivity index (χ4n) is 11.9. The summed E-state index contributed by atoms with van der Waals surface area (Å²) in [4.78, 5) is 54.5. The molecule has 1 unspecified atom stereocenters. The number of hydrogen-bond donors (Lipinski definition) is 3. The van der Waals surface area contributed by atoms with E-state index < -0.39 is 76.3 Å². The second-order valence-electron chi connectivity index (χ2n) is 18.2. The molecule has 2 aliphatic heterocycles. The largest absolute Gasteiger partial charge is 0.497 e. The van der Waals surface area contributed by atoms with Crippen LogP contribution in [0.2, 0.25) is 0 Å². The van der Waals surface area contributed by atoms with Gasteiger partial charge in [0.2, 0.25) is 0 Å². The molecule has 0 amide bonds. The van der Waals surface area contributed by atoms with Gasteiger partial charge >= 0.3 is 17.9 Å². The Morgan fingerprint density at radius 2 is 1.58 bits per heavy atom. The molecule has 60 heavy (non-hydrogen) atoms. The minimum Gasteiger partial charge on any atom is -0.497 e. The molecule has 3 N–H and O–H groups in total. The summed E-state index contributed by atoms with van der Waals surface area (Å²) in [7, 11) is 3.20. The van der Waals surface area contributed by atoms with Crippen molar-refractivity contribution in [2.75, 3.05) is 31.4 Å². The average Bonchev–Trinajstić information content (AvgIpc) is 3.91. The number of ketones is 1. The van der Waals surface area contributed by atoms with Crippen molar-refractivity contribution in [3.05, 3.63) is 71.3 Å². The molecule has 4 aliphatic carbocycles. The van der Waals surface area contributed by atoms with Crippen LogP contribution in [-0.4, -0.2) is 91.2 Å². The molecule has 8 rings (SSSR count). The van der Waals surface area contributed by atoms with Crippen LogP contribution in [0.4, 0.5) is 11.4 Å². The van der Waals surface area contributed by atoms with Crippen LogP contribution in [0, 0.1) is 28.6 Å². The van der Waals surface area contributed by atoms with E-state index in [1.807, 2.05) is 82.3 Å². The van der Waals surface area contributed by atoms with Gasteiger partial charge in [-0.2, -0.15) is 0 Å². The molecule has 0 radical (unpaired) electrons. The summed E-state index contributed by atoms with van der Waals surface area (Å²) < 4.78 is 35.9. The predicted molar refractivity (Wildman–Crippen MR) is 221 cm³/mol. The lowest BCUT2D eigenvalue weighted by atomic mass is 9.41. The van der Waals surface area contributed by atoms with Gasteiger partial charge in [0.25, 0.3) is 0 Å². The minimum atomic E-state index is -1.61. The number of rotatable bonds is 12. The van der Waals surface area contributed by atoms with Gasteiger partial charge in [-0.15, -0.1) is 0 Å². The van der Waals surface area contributed by atoms with E-state index >= 15 is 4.79 Å². The molecule has 6 aliphatic rings. The first-order valence-corrected chi connectivity index (χ1v) is 21.2. The van der Waals surface area contributed by atoms with Crippen molar-refractivity contribution in [1.29, 1.82) is 0 Å². The normalized spacial score (nSPS) is 36.9. The third-order valence-corrected chi connectivity index (χ3v) is 15.3. The highest BCUT2D eigenvalue weighted by Crippen LogP contribution is 2.74. The zero-order chi connectivity index (χ0) is 42.9. The van der Waals surface area contributed by atoms with E-state index in [0.29, 0.717) is 43.6 Å². The van der Waals surface area contributed by atoms with Crippen molar-refractivity contribution >= 4 is 35.1 Å². The van der Waals surface area contributed by atoms with Crippen LogP contribution in [0.25, 0.3) is 0 Å². The molecule has 0 aromatic heterocycles. The van der Waals surface area contributed by atoms with E-state index in [2.05, 4.69) is 10.6 Å². The number of anilines is 2. The monoisotopic (exact) mass is 826 g/mol. The number of hydrogen-bond acceptors (Lipinski definition) is 13. The fraction of sp³-hybridized carbons (Fsp3) is 0.574. The van der Waals surface area contributed by atoms with Crippen LogP contribution in [0.3, 0.4) is 0 Å². The van der Waals surface area contributed by atoms with E-state index in [0.717, 1.165) is 28.3 Å². The molecule has 2 heterocycles. The number of methoxy groups -OCH3 is 2. The Morgan fingerprint density at radius 3 is 2.20 bits per heavy atom. The Labute approximate surface area is 351 Å². The predicted octanol–water partition coefficient (Wildman–Crippen LogP) is 6.34. The van der Waals surface area contributed by atoms with Crippen LogP contribution in [0.15, 0.2) is 71.3 Å². The first kappa shape index (κ1) is 41.8. The average molecular weight is 827 g/mol. The topological polar surface area (TPSA) is 171 Å². The van der Waals surface area contributed by atoms with Crippen molar-refractivity contribution in [3.8, 4) is 11.5 Å². The molecule has 0 bridgehead atoms. The number of esters is 3. The van der Waals surface area contributed by atoms with Gasteiger partial charge in [0, 0.05) is 54.6 Å². The number of benzene rings is 2. The number of cyclic esters (lactones) is 1. The first-order chi connectivity index (χ1) is 28.5. The third kappa shape index (κ3) is 6.40. The van der Waals surface area contributed by atoms with E-state index in [1.165, 1.54) is 6.92 Å². The second-order valence-corrected chi connectivity index (χ2v) is 18.2. The highest BCUT2D eigenvalue weighted by atomic mass is 16.7. The maximum atomic E-state index is 15.0. The quantitative estimate of drug-likeness (QED) is 0.0938. The van der Waals surface area contributed by atoms with Gasteiger partial charge in [0.05, 0.1) is 38.2 Å². The molecule has 13 nitrogen and oxygen atoms in total. The van der Waals surface area contributed by atoms with Crippen molar-refractivity contribution in [3.63, 3.8) is 0 Å². The summed E-state index contributed by atoms with van der Waals surface area (Å²) in [5.74, 6) is -1.16. The maximum absolute atomic E-state index is 15.0. The Hall–Kier alpha value is -4.88. The Bertz CT molecular complexity index is 2120. The van der Waals surface area contributed by atoms with Gasteiger partial charge in [0.1, 0.15) is 40.7 Å². The number of carbonyl (C=O) groups is 4. The Kier molecular flexibility index (Phi) is 10.6. The van der Waals surface area contributed by atoms with E-state index in [1.54, 1.807) is 21.1 Å². The summed E-state index contributed by atoms with van der Waals surface area (Å²) >= 11 is 0. The molecule has 12 atom stereocenters. The van der Waals surface area contributed by atoms with Crippen molar-refractivity contribution in [1.82, 2.24) is 0 Å². The minimum absolute atomic E-state index is 0.0401. The van der Waals surface area contributed by atoms with Crippen molar-refractivity contribution in [2.24, 2.45) is 28.6 Å². The molecule has 1 spiro atoms. The number of carbonyl (C=O) groups excluding carboxylic acids is 4. The number of epoxide rings is 1. The summed E-state index contributed by atoms with van der Waals surface area (Å²) in [5, 5.41) is 20.2. The van der Waals surface area contributed by atoms with Crippen molar-refractivity contribution in [2.45, 2.75) is 122 Å². The molecule has 3 saturated carbocycles. The summed E-state index contributed by atoms with van der Waals surface area (Å²) in [6.07, 6.45) is 1.11. The highest BCUT2D eigenvalue weighted by molar-refractivity contribution is 5.91.